The van der Waals surface area contributed by atoms with E-state index in [-0.39, 0.29) is 41.1 Å². The second-order valence-electron chi connectivity index (χ2n) is 6.99. The highest BCUT2D eigenvalue weighted by Crippen LogP contribution is 2.22. The molecule has 7 nitrogen and oxygen atoms in total. The SMILES string of the molecule is CC[C@H](C)NS(=O)(=O)c1ccc(NC(=O)[C@@H]2CC(=O)N(C(C)C)C2)cc1. The number of benzene rings is 1. The predicted molar refractivity (Wildman–Crippen MR) is 100 cm³/mol. The number of sulfonamides is 1. The maximum absolute atomic E-state index is 12.4. The molecule has 0 radical (unpaired) electrons. The molecule has 144 valence electrons. The average molecular weight is 381 g/mol. The van der Waals surface area contributed by atoms with E-state index in [1.807, 2.05) is 20.8 Å². The van der Waals surface area contributed by atoms with E-state index in [4.69, 9.17) is 0 Å². The van der Waals surface area contributed by atoms with Crippen LogP contribution < -0.4 is 10.0 Å². The van der Waals surface area contributed by atoms with Crippen LogP contribution in [0.15, 0.2) is 29.2 Å². The average Bonchev–Trinajstić information content (AvgIpc) is 2.97. The van der Waals surface area contributed by atoms with E-state index in [1.165, 1.54) is 12.1 Å². The molecule has 2 atom stereocenters. The van der Waals surface area contributed by atoms with Crippen LogP contribution in [0.1, 0.15) is 40.5 Å². The summed E-state index contributed by atoms with van der Waals surface area (Å²) in [4.78, 5) is 26.1. The van der Waals surface area contributed by atoms with Crippen molar-refractivity contribution in [2.75, 3.05) is 11.9 Å². The van der Waals surface area contributed by atoms with E-state index in [0.29, 0.717) is 18.7 Å². The third-order valence-corrected chi connectivity index (χ3v) is 6.16. The normalized spacial score (nSPS) is 19.0. The van der Waals surface area contributed by atoms with Gasteiger partial charge in [-0.05, 0) is 51.5 Å². The first-order valence-corrected chi connectivity index (χ1v) is 10.3. The van der Waals surface area contributed by atoms with Crippen LogP contribution in [0.5, 0.6) is 0 Å². The fraction of sp³-hybridized carbons (Fsp3) is 0.556. The van der Waals surface area contributed by atoms with E-state index in [1.54, 1.807) is 24.0 Å². The van der Waals surface area contributed by atoms with Gasteiger partial charge in [-0.15, -0.1) is 0 Å². The van der Waals surface area contributed by atoms with Crippen molar-refractivity contribution in [2.24, 2.45) is 5.92 Å². The number of nitrogens with zero attached hydrogens (tertiary/aromatic N) is 1. The summed E-state index contributed by atoms with van der Waals surface area (Å²) in [6, 6.07) is 5.95. The van der Waals surface area contributed by atoms with Gasteiger partial charge >= 0.3 is 0 Å². The first-order valence-electron chi connectivity index (χ1n) is 8.86. The van der Waals surface area contributed by atoms with Gasteiger partial charge in [0, 0.05) is 30.7 Å². The Morgan fingerprint density at radius 2 is 1.85 bits per heavy atom. The quantitative estimate of drug-likeness (QED) is 0.755. The number of anilines is 1. The van der Waals surface area contributed by atoms with Gasteiger partial charge in [0.1, 0.15) is 0 Å². The van der Waals surface area contributed by atoms with Crippen molar-refractivity contribution in [1.29, 1.82) is 0 Å². The van der Waals surface area contributed by atoms with Crippen LogP contribution in [0.2, 0.25) is 0 Å². The Labute approximate surface area is 155 Å². The molecule has 0 bridgehead atoms. The van der Waals surface area contributed by atoms with Gasteiger partial charge in [-0.3, -0.25) is 9.59 Å². The van der Waals surface area contributed by atoms with Crippen molar-refractivity contribution in [3.63, 3.8) is 0 Å². The molecule has 0 unspecified atom stereocenters. The second-order valence-corrected chi connectivity index (χ2v) is 8.70. The molecule has 0 aromatic heterocycles. The lowest BCUT2D eigenvalue weighted by molar-refractivity contribution is -0.129. The largest absolute Gasteiger partial charge is 0.339 e. The number of amides is 2. The molecule has 8 heteroatoms. The van der Waals surface area contributed by atoms with Crippen molar-refractivity contribution < 1.29 is 18.0 Å². The van der Waals surface area contributed by atoms with E-state index in [2.05, 4.69) is 10.0 Å². The molecule has 0 spiro atoms. The summed E-state index contributed by atoms with van der Waals surface area (Å²) >= 11 is 0. The van der Waals surface area contributed by atoms with Crippen molar-refractivity contribution in [2.45, 2.75) is 57.5 Å². The van der Waals surface area contributed by atoms with Crippen LogP contribution in [-0.2, 0) is 19.6 Å². The molecular formula is C18H27N3O4S. The van der Waals surface area contributed by atoms with Gasteiger partial charge in [0.05, 0.1) is 10.8 Å². The van der Waals surface area contributed by atoms with Crippen molar-refractivity contribution in [3.8, 4) is 0 Å². The molecule has 1 aliphatic heterocycles. The molecular weight excluding hydrogens is 354 g/mol. The molecule has 2 N–H and O–H groups in total. The van der Waals surface area contributed by atoms with Gasteiger partial charge < -0.3 is 10.2 Å². The Morgan fingerprint density at radius 3 is 2.35 bits per heavy atom. The zero-order chi connectivity index (χ0) is 19.5. The van der Waals surface area contributed by atoms with Crippen LogP contribution in [0, 0.1) is 5.92 Å². The molecule has 0 aliphatic carbocycles. The predicted octanol–water partition coefficient (Wildman–Crippen LogP) is 1.96. The Bertz CT molecular complexity index is 759. The van der Waals surface area contributed by atoms with Crippen LogP contribution in [0.4, 0.5) is 5.69 Å². The molecule has 2 amide bonds. The Balaban J connectivity index is 2.01. The maximum Gasteiger partial charge on any atom is 0.240 e. The highest BCUT2D eigenvalue weighted by Gasteiger charge is 2.35. The molecule has 1 aliphatic rings. The van der Waals surface area contributed by atoms with Crippen LogP contribution in [-0.4, -0.2) is 43.8 Å². The van der Waals surface area contributed by atoms with Crippen LogP contribution in [0.25, 0.3) is 0 Å². The van der Waals surface area contributed by atoms with Crippen LogP contribution >= 0.6 is 0 Å². The van der Waals surface area contributed by atoms with Crippen molar-refractivity contribution >= 4 is 27.5 Å². The number of carbonyl (C=O) groups excluding carboxylic acids is 2. The Kier molecular flexibility index (Phi) is 6.41. The lowest BCUT2D eigenvalue weighted by Gasteiger charge is -2.20. The molecule has 2 rings (SSSR count). The zero-order valence-corrected chi connectivity index (χ0v) is 16.5. The van der Waals surface area contributed by atoms with Crippen molar-refractivity contribution in [1.82, 2.24) is 9.62 Å². The summed E-state index contributed by atoms with van der Waals surface area (Å²) in [7, 11) is -3.57. The van der Waals surface area contributed by atoms with Crippen LogP contribution in [0.3, 0.4) is 0 Å². The number of nitrogens with one attached hydrogen (secondary N) is 2. The monoisotopic (exact) mass is 381 g/mol. The lowest BCUT2D eigenvalue weighted by atomic mass is 10.1. The molecule has 1 saturated heterocycles. The summed E-state index contributed by atoms with van der Waals surface area (Å²) in [5, 5.41) is 2.76. The second kappa shape index (κ2) is 8.18. The van der Waals surface area contributed by atoms with E-state index in [9.17, 15) is 18.0 Å². The Morgan fingerprint density at radius 1 is 1.23 bits per heavy atom. The summed E-state index contributed by atoms with van der Waals surface area (Å²) in [5.74, 6) is -0.632. The third kappa shape index (κ3) is 4.82. The third-order valence-electron chi connectivity index (χ3n) is 4.55. The van der Waals surface area contributed by atoms with Gasteiger partial charge in [-0.2, -0.15) is 0 Å². The standard InChI is InChI=1S/C18H27N3O4S/c1-5-13(4)20-26(24,25)16-8-6-15(7-9-16)19-18(23)14-10-17(22)21(11-14)12(2)3/h6-9,12-14,20H,5,10-11H2,1-4H3,(H,19,23)/t13-,14+/m0/s1. The fourth-order valence-electron chi connectivity index (χ4n) is 2.78. The number of likely N-dealkylation sites (tertiary alicyclic amines) is 1. The Hall–Kier alpha value is -1.93. The van der Waals surface area contributed by atoms with E-state index >= 15 is 0 Å². The number of carbonyl (C=O) groups is 2. The summed E-state index contributed by atoms with van der Waals surface area (Å²) in [6.07, 6.45) is 0.899. The summed E-state index contributed by atoms with van der Waals surface area (Å²) in [6.45, 7) is 7.96. The van der Waals surface area contributed by atoms with Crippen molar-refractivity contribution in [3.05, 3.63) is 24.3 Å². The molecule has 1 aromatic carbocycles. The topological polar surface area (TPSA) is 95.6 Å². The molecule has 0 saturated carbocycles. The van der Waals surface area contributed by atoms with Gasteiger partial charge in [0.2, 0.25) is 21.8 Å². The maximum atomic E-state index is 12.4. The fourth-order valence-corrected chi connectivity index (χ4v) is 4.11. The first kappa shape index (κ1) is 20.4. The molecule has 1 fully saturated rings. The van der Waals surface area contributed by atoms with E-state index in [0.717, 1.165) is 0 Å². The smallest absolute Gasteiger partial charge is 0.240 e. The summed E-state index contributed by atoms with van der Waals surface area (Å²) < 4.78 is 27.1. The minimum Gasteiger partial charge on any atom is -0.339 e. The van der Waals surface area contributed by atoms with E-state index < -0.39 is 10.0 Å². The van der Waals surface area contributed by atoms with Gasteiger partial charge in [-0.25, -0.2) is 13.1 Å². The number of hydrogen-bond donors (Lipinski definition) is 2. The lowest BCUT2D eigenvalue weighted by Crippen LogP contribution is -2.33. The zero-order valence-electron chi connectivity index (χ0n) is 15.7. The van der Waals surface area contributed by atoms with Gasteiger partial charge in [0.25, 0.3) is 0 Å². The van der Waals surface area contributed by atoms with Gasteiger partial charge in [0.15, 0.2) is 0 Å². The molecule has 1 heterocycles. The minimum absolute atomic E-state index is 0.0160. The minimum atomic E-state index is -3.57. The number of rotatable bonds is 7. The first-order chi connectivity index (χ1) is 12.1. The number of hydrogen-bond acceptors (Lipinski definition) is 4. The highest BCUT2D eigenvalue weighted by molar-refractivity contribution is 7.89. The molecule has 26 heavy (non-hydrogen) atoms. The molecule has 1 aromatic rings. The van der Waals surface area contributed by atoms with Gasteiger partial charge in [-0.1, -0.05) is 6.92 Å². The highest BCUT2D eigenvalue weighted by atomic mass is 32.2. The summed E-state index contributed by atoms with van der Waals surface area (Å²) in [5.41, 5.74) is 0.507.